The van der Waals surface area contributed by atoms with Crippen LogP contribution in [0.5, 0.6) is 0 Å². The number of halogens is 1. The second kappa shape index (κ2) is 7.42. The number of benzene rings is 2. The standard InChI is InChI=1S/C20H18BrNO/c21-19-18(12-11-16-7-3-1-4-8-16)13-14-22(20(19)23)15-17-9-5-2-6-10-17/h1-10,13-14H,11-12,15H2. The van der Waals surface area contributed by atoms with Crippen LogP contribution < -0.4 is 5.56 Å². The van der Waals surface area contributed by atoms with Gasteiger partial charge in [-0.05, 0) is 51.5 Å². The summed E-state index contributed by atoms with van der Waals surface area (Å²) in [5.74, 6) is 0. The maximum absolute atomic E-state index is 12.5. The highest BCUT2D eigenvalue weighted by atomic mass is 79.9. The summed E-state index contributed by atoms with van der Waals surface area (Å²) in [7, 11) is 0. The topological polar surface area (TPSA) is 22.0 Å². The molecule has 0 saturated heterocycles. The Labute approximate surface area is 144 Å². The molecular formula is C20H18BrNO. The van der Waals surface area contributed by atoms with Crippen molar-refractivity contribution in [1.29, 1.82) is 0 Å². The normalized spacial score (nSPS) is 10.7. The molecule has 0 unspecified atom stereocenters. The van der Waals surface area contributed by atoms with Crippen LogP contribution in [0.3, 0.4) is 0 Å². The number of pyridine rings is 1. The van der Waals surface area contributed by atoms with Crippen molar-refractivity contribution in [2.75, 3.05) is 0 Å². The molecule has 0 spiro atoms. The third kappa shape index (κ3) is 3.99. The van der Waals surface area contributed by atoms with Crippen molar-refractivity contribution >= 4 is 15.9 Å². The summed E-state index contributed by atoms with van der Waals surface area (Å²) < 4.78 is 2.41. The van der Waals surface area contributed by atoms with E-state index in [1.165, 1.54) is 5.56 Å². The molecule has 0 amide bonds. The molecule has 0 bridgehead atoms. The fourth-order valence-electron chi connectivity index (χ4n) is 2.61. The molecule has 0 N–H and O–H groups in total. The van der Waals surface area contributed by atoms with Crippen LogP contribution in [0.1, 0.15) is 16.7 Å². The summed E-state index contributed by atoms with van der Waals surface area (Å²) >= 11 is 3.48. The van der Waals surface area contributed by atoms with Gasteiger partial charge < -0.3 is 4.57 Å². The number of aromatic nitrogens is 1. The van der Waals surface area contributed by atoms with Gasteiger partial charge in [0.15, 0.2) is 0 Å². The van der Waals surface area contributed by atoms with Gasteiger partial charge >= 0.3 is 0 Å². The van der Waals surface area contributed by atoms with Crippen LogP contribution in [-0.4, -0.2) is 4.57 Å². The van der Waals surface area contributed by atoms with E-state index in [9.17, 15) is 4.79 Å². The van der Waals surface area contributed by atoms with Crippen molar-refractivity contribution in [3.05, 3.63) is 104 Å². The molecule has 2 aromatic carbocycles. The highest BCUT2D eigenvalue weighted by molar-refractivity contribution is 9.10. The highest BCUT2D eigenvalue weighted by Gasteiger charge is 2.08. The van der Waals surface area contributed by atoms with Crippen LogP contribution >= 0.6 is 15.9 Å². The minimum absolute atomic E-state index is 0.0272. The number of rotatable bonds is 5. The van der Waals surface area contributed by atoms with Gasteiger partial charge in [0.1, 0.15) is 0 Å². The maximum Gasteiger partial charge on any atom is 0.265 e. The van der Waals surface area contributed by atoms with Crippen LogP contribution in [0.15, 0.2) is 82.2 Å². The van der Waals surface area contributed by atoms with E-state index >= 15 is 0 Å². The lowest BCUT2D eigenvalue weighted by molar-refractivity contribution is 0.747. The van der Waals surface area contributed by atoms with E-state index in [2.05, 4.69) is 28.1 Å². The van der Waals surface area contributed by atoms with E-state index in [0.717, 1.165) is 24.0 Å². The molecule has 1 aromatic heterocycles. The Kier molecular flexibility index (Phi) is 5.09. The molecule has 3 heteroatoms. The molecule has 0 radical (unpaired) electrons. The first-order valence-corrected chi connectivity index (χ1v) is 8.49. The molecule has 0 aliphatic carbocycles. The van der Waals surface area contributed by atoms with E-state index < -0.39 is 0 Å². The Hall–Kier alpha value is -2.13. The highest BCUT2D eigenvalue weighted by Crippen LogP contribution is 2.15. The molecule has 3 rings (SSSR count). The van der Waals surface area contributed by atoms with Gasteiger partial charge in [-0.25, -0.2) is 0 Å². The molecule has 0 atom stereocenters. The Balaban J connectivity index is 1.76. The second-order valence-electron chi connectivity index (χ2n) is 5.56. The predicted octanol–water partition coefficient (Wildman–Crippen LogP) is 4.44. The van der Waals surface area contributed by atoms with Gasteiger partial charge in [-0.3, -0.25) is 4.79 Å². The summed E-state index contributed by atoms with van der Waals surface area (Å²) in [4.78, 5) is 12.5. The molecule has 0 aliphatic rings. The van der Waals surface area contributed by atoms with Crippen LogP contribution in [0.2, 0.25) is 0 Å². The first kappa shape index (κ1) is 15.8. The zero-order valence-corrected chi connectivity index (χ0v) is 14.4. The molecule has 1 heterocycles. The van der Waals surface area contributed by atoms with Crippen molar-refractivity contribution in [3.63, 3.8) is 0 Å². The Bertz CT molecular complexity index is 825. The Morgan fingerprint density at radius 1 is 0.783 bits per heavy atom. The van der Waals surface area contributed by atoms with Gasteiger partial charge in [-0.15, -0.1) is 0 Å². The summed E-state index contributed by atoms with van der Waals surface area (Å²) in [6, 6.07) is 22.4. The lowest BCUT2D eigenvalue weighted by atomic mass is 10.1. The second-order valence-corrected chi connectivity index (χ2v) is 6.35. The fraction of sp³-hybridized carbons (Fsp3) is 0.150. The van der Waals surface area contributed by atoms with E-state index in [1.54, 1.807) is 4.57 Å². The minimum Gasteiger partial charge on any atom is -0.310 e. The molecule has 3 aromatic rings. The predicted molar refractivity (Wildman–Crippen MR) is 97.8 cm³/mol. The lowest BCUT2D eigenvalue weighted by Crippen LogP contribution is -2.22. The SMILES string of the molecule is O=c1c(Br)c(CCc2ccccc2)ccn1Cc1ccccc1. The first-order chi connectivity index (χ1) is 11.2. The van der Waals surface area contributed by atoms with Crippen molar-refractivity contribution in [2.24, 2.45) is 0 Å². The molecule has 0 aliphatic heterocycles. The number of nitrogens with zero attached hydrogens (tertiary/aromatic N) is 1. The first-order valence-electron chi connectivity index (χ1n) is 7.70. The van der Waals surface area contributed by atoms with Crippen molar-refractivity contribution in [1.82, 2.24) is 4.57 Å². The van der Waals surface area contributed by atoms with Crippen LogP contribution in [-0.2, 0) is 19.4 Å². The van der Waals surface area contributed by atoms with Gasteiger partial charge in [0, 0.05) is 6.20 Å². The van der Waals surface area contributed by atoms with Crippen molar-refractivity contribution < 1.29 is 0 Å². The van der Waals surface area contributed by atoms with E-state index in [0.29, 0.717) is 11.0 Å². The van der Waals surface area contributed by atoms with Gasteiger partial charge in [0.25, 0.3) is 5.56 Å². The van der Waals surface area contributed by atoms with Crippen molar-refractivity contribution in [2.45, 2.75) is 19.4 Å². The van der Waals surface area contributed by atoms with Gasteiger partial charge in [0.2, 0.25) is 0 Å². The third-order valence-corrected chi connectivity index (χ3v) is 4.76. The van der Waals surface area contributed by atoms with Crippen LogP contribution in [0.25, 0.3) is 0 Å². The zero-order valence-electron chi connectivity index (χ0n) is 12.8. The molecule has 0 saturated carbocycles. The Morgan fingerprint density at radius 3 is 2.04 bits per heavy atom. The molecule has 23 heavy (non-hydrogen) atoms. The zero-order chi connectivity index (χ0) is 16.1. The molecule has 116 valence electrons. The summed E-state index contributed by atoms with van der Waals surface area (Å²) in [5.41, 5.74) is 3.49. The average Bonchev–Trinajstić information content (AvgIpc) is 2.60. The maximum atomic E-state index is 12.5. The smallest absolute Gasteiger partial charge is 0.265 e. The minimum atomic E-state index is 0.0272. The average molecular weight is 368 g/mol. The van der Waals surface area contributed by atoms with Gasteiger partial charge in [-0.2, -0.15) is 0 Å². The fourth-order valence-corrected chi connectivity index (χ4v) is 3.16. The summed E-state index contributed by atoms with van der Waals surface area (Å²) in [6.07, 6.45) is 3.67. The van der Waals surface area contributed by atoms with Gasteiger partial charge in [-0.1, -0.05) is 60.7 Å². The monoisotopic (exact) mass is 367 g/mol. The van der Waals surface area contributed by atoms with Crippen LogP contribution in [0.4, 0.5) is 0 Å². The van der Waals surface area contributed by atoms with Crippen molar-refractivity contribution in [3.8, 4) is 0 Å². The quantitative estimate of drug-likeness (QED) is 0.653. The molecular weight excluding hydrogens is 350 g/mol. The summed E-state index contributed by atoms with van der Waals surface area (Å²) in [5, 5.41) is 0. The summed E-state index contributed by atoms with van der Waals surface area (Å²) in [6.45, 7) is 0.594. The largest absolute Gasteiger partial charge is 0.310 e. The van der Waals surface area contributed by atoms with E-state index in [-0.39, 0.29) is 5.56 Å². The Morgan fingerprint density at radius 2 is 1.39 bits per heavy atom. The number of aryl methyl sites for hydroxylation is 2. The third-order valence-electron chi connectivity index (χ3n) is 3.91. The number of hydrogen-bond donors (Lipinski definition) is 0. The van der Waals surface area contributed by atoms with E-state index in [1.807, 2.05) is 60.8 Å². The lowest BCUT2D eigenvalue weighted by Gasteiger charge is -2.10. The van der Waals surface area contributed by atoms with Crippen LogP contribution in [0, 0.1) is 0 Å². The number of hydrogen-bond acceptors (Lipinski definition) is 1. The van der Waals surface area contributed by atoms with Gasteiger partial charge in [0.05, 0.1) is 11.0 Å². The van der Waals surface area contributed by atoms with E-state index in [4.69, 9.17) is 0 Å². The molecule has 0 fully saturated rings. The molecule has 2 nitrogen and oxygen atoms in total.